The molecule has 3 aliphatic heterocycles. The molecule has 1 aromatic carbocycles. The van der Waals surface area contributed by atoms with Crippen LogP contribution >= 0.6 is 0 Å². The second kappa shape index (κ2) is 8.07. The lowest BCUT2D eigenvalue weighted by molar-refractivity contribution is -0.0768. The van der Waals surface area contributed by atoms with Crippen molar-refractivity contribution in [1.29, 1.82) is 0 Å². The number of ether oxygens (including phenoxy) is 3. The zero-order valence-corrected chi connectivity index (χ0v) is 18.4. The van der Waals surface area contributed by atoms with Gasteiger partial charge in [0.25, 0.3) is 0 Å². The Labute approximate surface area is 183 Å². The first-order valence-electron chi connectivity index (χ1n) is 11.2. The number of rotatable bonds is 4. The van der Waals surface area contributed by atoms with Gasteiger partial charge >= 0.3 is 0 Å². The van der Waals surface area contributed by atoms with Crippen molar-refractivity contribution in [2.45, 2.75) is 37.7 Å². The van der Waals surface area contributed by atoms with Gasteiger partial charge in [-0.3, -0.25) is 0 Å². The topological polar surface area (TPSA) is 86.0 Å². The second-order valence-electron chi connectivity index (χ2n) is 8.58. The quantitative estimate of drug-likeness (QED) is 0.800. The number of hydrogen-bond acceptors (Lipinski definition) is 8. The summed E-state index contributed by atoms with van der Waals surface area (Å²) in [6.07, 6.45) is 5.08. The molecular formula is C23H31N5O3. The molecule has 0 amide bonds. The third kappa shape index (κ3) is 3.63. The van der Waals surface area contributed by atoms with Crippen LogP contribution in [0.2, 0.25) is 0 Å². The van der Waals surface area contributed by atoms with E-state index in [-0.39, 0.29) is 5.60 Å². The van der Waals surface area contributed by atoms with Crippen LogP contribution in [0.3, 0.4) is 0 Å². The van der Waals surface area contributed by atoms with Crippen LogP contribution in [-0.2, 0) is 16.8 Å². The van der Waals surface area contributed by atoms with Crippen molar-refractivity contribution in [2.24, 2.45) is 0 Å². The lowest BCUT2D eigenvalue weighted by Crippen LogP contribution is -2.47. The average molecular weight is 426 g/mol. The number of anilines is 3. The lowest BCUT2D eigenvalue weighted by Gasteiger charge is -2.45. The first-order valence-corrected chi connectivity index (χ1v) is 11.2. The number of nitrogens with zero attached hydrogens (tertiary/aromatic N) is 4. The highest BCUT2D eigenvalue weighted by molar-refractivity contribution is 5.55. The maximum Gasteiger partial charge on any atom is 0.223 e. The van der Waals surface area contributed by atoms with Crippen molar-refractivity contribution in [3.8, 4) is 11.5 Å². The largest absolute Gasteiger partial charge is 0.493 e. The van der Waals surface area contributed by atoms with Crippen LogP contribution < -0.4 is 25.0 Å². The number of aromatic nitrogens is 2. The monoisotopic (exact) mass is 425 g/mol. The molecule has 3 aliphatic rings. The van der Waals surface area contributed by atoms with E-state index in [4.69, 9.17) is 19.9 Å². The minimum atomic E-state index is -0.292. The SMILES string of the molecule is COc1cc2c(cc1OC)C1(CCN(c3cc(N4CCCC4)nc(N)n3)CC1)OCC2. The summed E-state index contributed by atoms with van der Waals surface area (Å²) in [5.41, 5.74) is 8.30. The number of benzene rings is 1. The minimum absolute atomic E-state index is 0.292. The maximum absolute atomic E-state index is 6.43. The highest BCUT2D eigenvalue weighted by Gasteiger charge is 2.42. The van der Waals surface area contributed by atoms with Crippen molar-refractivity contribution in [2.75, 3.05) is 62.5 Å². The van der Waals surface area contributed by atoms with Gasteiger partial charge in [0.2, 0.25) is 5.95 Å². The molecule has 1 aromatic heterocycles. The van der Waals surface area contributed by atoms with Crippen LogP contribution in [0.5, 0.6) is 11.5 Å². The number of nitrogen functional groups attached to an aromatic ring is 1. The number of nitrogens with two attached hydrogens (primary N) is 1. The average Bonchev–Trinajstić information content (AvgIpc) is 3.34. The fourth-order valence-electron chi connectivity index (χ4n) is 5.21. The van der Waals surface area contributed by atoms with Crippen molar-refractivity contribution in [3.63, 3.8) is 0 Å². The third-order valence-corrected chi connectivity index (χ3v) is 6.89. The summed E-state index contributed by atoms with van der Waals surface area (Å²) in [6.45, 7) is 4.50. The fourth-order valence-corrected chi connectivity index (χ4v) is 5.21. The summed E-state index contributed by atoms with van der Waals surface area (Å²) in [5.74, 6) is 3.73. The van der Waals surface area contributed by atoms with Crippen molar-refractivity contribution in [3.05, 3.63) is 29.3 Å². The molecule has 0 atom stereocenters. The molecule has 2 saturated heterocycles. The molecular weight excluding hydrogens is 394 g/mol. The Morgan fingerprint density at radius 1 is 0.903 bits per heavy atom. The number of methoxy groups -OCH3 is 2. The fraction of sp³-hybridized carbons (Fsp3) is 0.565. The van der Waals surface area contributed by atoms with E-state index in [0.29, 0.717) is 5.95 Å². The molecule has 0 saturated carbocycles. The number of hydrogen-bond donors (Lipinski definition) is 1. The molecule has 2 aromatic rings. The predicted molar refractivity (Wildman–Crippen MR) is 120 cm³/mol. The molecule has 166 valence electrons. The van der Waals surface area contributed by atoms with Gasteiger partial charge in [-0.1, -0.05) is 0 Å². The lowest BCUT2D eigenvalue weighted by atomic mass is 9.79. The van der Waals surface area contributed by atoms with Gasteiger partial charge in [0, 0.05) is 32.2 Å². The summed E-state index contributed by atoms with van der Waals surface area (Å²) < 4.78 is 17.5. The van der Waals surface area contributed by atoms with Crippen molar-refractivity contribution in [1.82, 2.24) is 9.97 Å². The Bertz CT molecular complexity index is 952. The van der Waals surface area contributed by atoms with Crippen LogP contribution in [0.15, 0.2) is 18.2 Å². The van der Waals surface area contributed by atoms with E-state index < -0.39 is 0 Å². The molecule has 5 rings (SSSR count). The van der Waals surface area contributed by atoms with E-state index in [2.05, 4.69) is 38.0 Å². The van der Waals surface area contributed by atoms with Gasteiger partial charge in [-0.25, -0.2) is 0 Å². The van der Waals surface area contributed by atoms with Gasteiger partial charge in [-0.05, 0) is 55.4 Å². The van der Waals surface area contributed by atoms with E-state index >= 15 is 0 Å². The minimum Gasteiger partial charge on any atom is -0.493 e. The standard InChI is InChI=1S/C23H31N5O3/c1-29-18-13-16-5-12-31-23(17(16)14-19(18)30-2)6-10-28(11-7-23)21-15-20(25-22(24)26-21)27-8-3-4-9-27/h13-15H,3-12H2,1-2H3,(H2,24,25,26). The Morgan fingerprint density at radius 3 is 2.16 bits per heavy atom. The molecule has 8 heteroatoms. The number of fused-ring (bicyclic) bond motifs is 2. The van der Waals surface area contributed by atoms with Gasteiger partial charge in [-0.2, -0.15) is 9.97 Å². The van der Waals surface area contributed by atoms with E-state index in [1.165, 1.54) is 24.0 Å². The van der Waals surface area contributed by atoms with Crippen LogP contribution in [0.25, 0.3) is 0 Å². The summed E-state index contributed by atoms with van der Waals surface area (Å²) in [6, 6.07) is 6.30. The molecule has 2 N–H and O–H groups in total. The zero-order chi connectivity index (χ0) is 21.4. The summed E-state index contributed by atoms with van der Waals surface area (Å²) in [7, 11) is 3.36. The Balaban J connectivity index is 1.39. The smallest absolute Gasteiger partial charge is 0.223 e. The molecule has 4 heterocycles. The van der Waals surface area contributed by atoms with Gasteiger partial charge in [0.1, 0.15) is 11.6 Å². The van der Waals surface area contributed by atoms with Gasteiger partial charge in [0.05, 0.1) is 26.4 Å². The first-order chi connectivity index (χ1) is 15.1. The molecule has 0 aliphatic carbocycles. The summed E-state index contributed by atoms with van der Waals surface area (Å²) in [4.78, 5) is 13.6. The maximum atomic E-state index is 6.43. The Hall–Kier alpha value is -2.74. The normalized spacial score (nSPS) is 20.1. The van der Waals surface area contributed by atoms with Gasteiger partial charge in [0.15, 0.2) is 11.5 Å². The van der Waals surface area contributed by atoms with Crippen molar-refractivity contribution < 1.29 is 14.2 Å². The zero-order valence-electron chi connectivity index (χ0n) is 18.4. The molecule has 0 bridgehead atoms. The van der Waals surface area contributed by atoms with E-state index in [9.17, 15) is 0 Å². The summed E-state index contributed by atoms with van der Waals surface area (Å²) >= 11 is 0. The molecule has 8 nitrogen and oxygen atoms in total. The van der Waals surface area contributed by atoms with Gasteiger partial charge in [-0.15, -0.1) is 0 Å². The highest BCUT2D eigenvalue weighted by Crippen LogP contribution is 2.45. The molecule has 0 radical (unpaired) electrons. The van der Waals surface area contributed by atoms with E-state index in [0.717, 1.165) is 75.2 Å². The van der Waals surface area contributed by atoms with Crippen LogP contribution in [-0.4, -0.2) is 57.0 Å². The molecule has 2 fully saturated rings. The van der Waals surface area contributed by atoms with Crippen LogP contribution in [0.4, 0.5) is 17.6 Å². The Morgan fingerprint density at radius 2 is 1.52 bits per heavy atom. The second-order valence-corrected chi connectivity index (χ2v) is 8.58. The van der Waals surface area contributed by atoms with Crippen LogP contribution in [0, 0.1) is 0 Å². The molecule has 0 unspecified atom stereocenters. The number of piperidine rings is 1. The molecule has 1 spiro atoms. The Kier molecular flexibility index (Phi) is 5.25. The van der Waals surface area contributed by atoms with Crippen molar-refractivity contribution >= 4 is 17.6 Å². The van der Waals surface area contributed by atoms with E-state index in [1.54, 1.807) is 14.2 Å². The molecule has 31 heavy (non-hydrogen) atoms. The van der Waals surface area contributed by atoms with E-state index in [1.807, 2.05) is 0 Å². The third-order valence-electron chi connectivity index (χ3n) is 6.89. The first kappa shape index (κ1) is 20.2. The van der Waals surface area contributed by atoms with Gasteiger partial charge < -0.3 is 29.7 Å². The summed E-state index contributed by atoms with van der Waals surface area (Å²) in [5, 5.41) is 0. The highest BCUT2D eigenvalue weighted by atomic mass is 16.5. The predicted octanol–water partition coefficient (Wildman–Crippen LogP) is 2.74. The van der Waals surface area contributed by atoms with Crippen LogP contribution in [0.1, 0.15) is 36.8 Å².